The van der Waals surface area contributed by atoms with Crippen molar-refractivity contribution in [2.75, 3.05) is 38.1 Å². The maximum Gasteiger partial charge on any atom is 0.134 e. The molecule has 0 aromatic carbocycles. The minimum Gasteiger partial charge on any atom is -0.356 e. The maximum atomic E-state index is 5.99. The molecule has 2 aliphatic heterocycles. The van der Waals surface area contributed by atoms with Crippen LogP contribution >= 0.6 is 11.6 Å². The molecule has 4 nitrogen and oxygen atoms in total. The lowest BCUT2D eigenvalue weighted by atomic mass is 10.0. The summed E-state index contributed by atoms with van der Waals surface area (Å²) in [7, 11) is 2.20. The van der Waals surface area contributed by atoms with Gasteiger partial charge in [0, 0.05) is 32.2 Å². The van der Waals surface area contributed by atoms with Crippen LogP contribution < -0.4 is 4.90 Å². The summed E-state index contributed by atoms with van der Waals surface area (Å²) in [5, 5.41) is 0.543. The van der Waals surface area contributed by atoms with E-state index in [9.17, 15) is 0 Å². The summed E-state index contributed by atoms with van der Waals surface area (Å²) in [6.07, 6.45) is 0. The van der Waals surface area contributed by atoms with Crippen LogP contribution in [-0.4, -0.2) is 48.1 Å². The fourth-order valence-corrected chi connectivity index (χ4v) is 3.31. The van der Waals surface area contributed by atoms with E-state index in [0.29, 0.717) is 5.15 Å². The van der Waals surface area contributed by atoms with E-state index in [-0.39, 0.29) is 0 Å². The lowest BCUT2D eigenvalue weighted by molar-refractivity contribution is 0.387. The van der Waals surface area contributed by atoms with Gasteiger partial charge in [-0.25, -0.2) is 9.97 Å². The van der Waals surface area contributed by atoms with Crippen molar-refractivity contribution in [3.63, 3.8) is 0 Å². The molecular weight excluding hydrogens is 236 g/mol. The minimum absolute atomic E-state index is 0.543. The molecule has 0 N–H and O–H groups in total. The van der Waals surface area contributed by atoms with Crippen molar-refractivity contribution in [3.8, 4) is 0 Å². The Morgan fingerprint density at radius 2 is 1.82 bits per heavy atom. The minimum atomic E-state index is 0.543. The highest BCUT2D eigenvalue weighted by Crippen LogP contribution is 2.32. The van der Waals surface area contributed by atoms with E-state index in [1.54, 1.807) is 0 Å². The fraction of sp³-hybridized carbons (Fsp3) is 0.667. The molecule has 0 amide bonds. The fourth-order valence-electron chi connectivity index (χ4n) is 3.09. The van der Waals surface area contributed by atoms with Crippen LogP contribution in [0.2, 0.25) is 5.15 Å². The van der Waals surface area contributed by atoms with Gasteiger partial charge < -0.3 is 9.80 Å². The van der Waals surface area contributed by atoms with E-state index in [1.165, 1.54) is 13.1 Å². The molecule has 2 unspecified atom stereocenters. The number of halogens is 1. The van der Waals surface area contributed by atoms with Crippen LogP contribution in [0.25, 0.3) is 0 Å². The normalized spacial score (nSPS) is 28.8. The molecule has 2 aliphatic rings. The van der Waals surface area contributed by atoms with Gasteiger partial charge in [0.25, 0.3) is 0 Å². The third kappa shape index (κ3) is 2.11. The van der Waals surface area contributed by atoms with Crippen LogP contribution in [0.15, 0.2) is 6.07 Å². The van der Waals surface area contributed by atoms with Crippen molar-refractivity contribution >= 4 is 17.4 Å². The first-order valence-corrected chi connectivity index (χ1v) is 6.44. The average molecular weight is 253 g/mol. The van der Waals surface area contributed by atoms with Crippen molar-refractivity contribution in [1.29, 1.82) is 0 Å². The summed E-state index contributed by atoms with van der Waals surface area (Å²) in [5.41, 5.74) is 0. The Labute approximate surface area is 107 Å². The monoisotopic (exact) mass is 252 g/mol. The highest BCUT2D eigenvalue weighted by Gasteiger charge is 2.39. The zero-order valence-corrected chi connectivity index (χ0v) is 11.0. The highest BCUT2D eigenvalue weighted by atomic mass is 35.5. The second-order valence-corrected chi connectivity index (χ2v) is 5.63. The largest absolute Gasteiger partial charge is 0.356 e. The number of rotatable bonds is 1. The van der Waals surface area contributed by atoms with Crippen molar-refractivity contribution in [3.05, 3.63) is 17.0 Å². The van der Waals surface area contributed by atoms with Gasteiger partial charge in [0.2, 0.25) is 0 Å². The molecule has 0 radical (unpaired) electrons. The SMILES string of the molecule is Cc1nc(Cl)cc(N2CC3CN(C)CC3C2)n1. The zero-order chi connectivity index (χ0) is 12.0. The molecule has 2 saturated heterocycles. The van der Waals surface area contributed by atoms with Crippen molar-refractivity contribution in [2.24, 2.45) is 11.8 Å². The molecule has 3 heterocycles. The van der Waals surface area contributed by atoms with Gasteiger partial charge in [-0.2, -0.15) is 0 Å². The molecule has 0 bridgehead atoms. The molecule has 1 aromatic heterocycles. The maximum absolute atomic E-state index is 5.99. The average Bonchev–Trinajstić information content (AvgIpc) is 2.72. The van der Waals surface area contributed by atoms with Crippen LogP contribution in [0.3, 0.4) is 0 Å². The van der Waals surface area contributed by atoms with Gasteiger partial charge in [-0.15, -0.1) is 0 Å². The predicted octanol–water partition coefficient (Wildman–Crippen LogP) is 1.44. The number of hydrogen-bond donors (Lipinski definition) is 0. The second kappa shape index (κ2) is 4.10. The lowest BCUT2D eigenvalue weighted by Gasteiger charge is -2.20. The third-order valence-electron chi connectivity index (χ3n) is 3.79. The molecule has 2 atom stereocenters. The Balaban J connectivity index is 1.79. The van der Waals surface area contributed by atoms with Crippen LogP contribution in [0.4, 0.5) is 5.82 Å². The predicted molar refractivity (Wildman–Crippen MR) is 68.5 cm³/mol. The number of fused-ring (bicyclic) bond motifs is 1. The first-order valence-electron chi connectivity index (χ1n) is 6.06. The third-order valence-corrected chi connectivity index (χ3v) is 3.98. The zero-order valence-electron chi connectivity index (χ0n) is 10.2. The molecular formula is C12H17ClN4. The summed E-state index contributed by atoms with van der Waals surface area (Å²) in [6, 6.07) is 1.87. The number of nitrogens with zero attached hydrogens (tertiary/aromatic N) is 4. The second-order valence-electron chi connectivity index (χ2n) is 5.24. The Kier molecular flexibility index (Phi) is 2.71. The van der Waals surface area contributed by atoms with Crippen molar-refractivity contribution in [1.82, 2.24) is 14.9 Å². The Bertz CT molecular complexity index is 402. The van der Waals surface area contributed by atoms with Crippen LogP contribution in [0, 0.1) is 18.8 Å². The van der Waals surface area contributed by atoms with E-state index in [4.69, 9.17) is 11.6 Å². The van der Waals surface area contributed by atoms with Crippen LogP contribution in [0.5, 0.6) is 0 Å². The number of likely N-dealkylation sites (tertiary alicyclic amines) is 1. The van der Waals surface area contributed by atoms with E-state index >= 15 is 0 Å². The Morgan fingerprint density at radius 3 is 2.41 bits per heavy atom. The quantitative estimate of drug-likeness (QED) is 0.708. The van der Waals surface area contributed by atoms with Crippen molar-refractivity contribution < 1.29 is 0 Å². The Morgan fingerprint density at radius 1 is 1.18 bits per heavy atom. The summed E-state index contributed by atoms with van der Waals surface area (Å²) in [5.74, 6) is 3.31. The van der Waals surface area contributed by atoms with E-state index in [0.717, 1.165) is 36.6 Å². The van der Waals surface area contributed by atoms with E-state index < -0.39 is 0 Å². The van der Waals surface area contributed by atoms with Gasteiger partial charge >= 0.3 is 0 Å². The molecule has 0 aliphatic carbocycles. The van der Waals surface area contributed by atoms with Gasteiger partial charge in [0.1, 0.15) is 16.8 Å². The number of anilines is 1. The highest BCUT2D eigenvalue weighted by molar-refractivity contribution is 6.29. The first-order chi connectivity index (χ1) is 8.11. The summed E-state index contributed by atoms with van der Waals surface area (Å²) >= 11 is 5.99. The van der Waals surface area contributed by atoms with Crippen LogP contribution in [-0.2, 0) is 0 Å². The summed E-state index contributed by atoms with van der Waals surface area (Å²) in [4.78, 5) is 13.4. The molecule has 5 heteroatoms. The molecule has 0 saturated carbocycles. The van der Waals surface area contributed by atoms with Gasteiger partial charge in [0.05, 0.1) is 0 Å². The van der Waals surface area contributed by atoms with Gasteiger partial charge in [-0.05, 0) is 25.8 Å². The van der Waals surface area contributed by atoms with Gasteiger partial charge in [-0.1, -0.05) is 11.6 Å². The number of hydrogen-bond acceptors (Lipinski definition) is 4. The molecule has 2 fully saturated rings. The Hall–Kier alpha value is -0.870. The first kappa shape index (κ1) is 11.2. The summed E-state index contributed by atoms with van der Waals surface area (Å²) in [6.45, 7) is 6.50. The van der Waals surface area contributed by atoms with Crippen LogP contribution in [0.1, 0.15) is 5.82 Å². The van der Waals surface area contributed by atoms with Crippen molar-refractivity contribution in [2.45, 2.75) is 6.92 Å². The number of aryl methyl sites for hydroxylation is 1. The van der Waals surface area contributed by atoms with E-state index in [1.807, 2.05) is 13.0 Å². The standard InChI is InChI=1S/C12H17ClN4/c1-8-14-11(13)3-12(15-8)17-6-9-4-16(2)5-10(9)7-17/h3,9-10H,4-7H2,1-2H3. The molecule has 1 aromatic rings. The molecule has 3 rings (SSSR count). The number of aromatic nitrogens is 2. The van der Waals surface area contributed by atoms with Gasteiger partial charge in [0.15, 0.2) is 0 Å². The summed E-state index contributed by atoms with van der Waals surface area (Å²) < 4.78 is 0. The van der Waals surface area contributed by atoms with E-state index in [2.05, 4.69) is 26.8 Å². The van der Waals surface area contributed by atoms with Gasteiger partial charge in [-0.3, -0.25) is 0 Å². The smallest absolute Gasteiger partial charge is 0.134 e. The molecule has 92 valence electrons. The molecule has 0 spiro atoms. The topological polar surface area (TPSA) is 32.3 Å². The molecule has 17 heavy (non-hydrogen) atoms. The lowest BCUT2D eigenvalue weighted by Crippen LogP contribution is -2.27.